The molecule has 1 unspecified atom stereocenters. The zero-order valence-corrected chi connectivity index (χ0v) is 10.1. The van der Waals surface area contributed by atoms with E-state index < -0.39 is 0 Å². The van der Waals surface area contributed by atoms with E-state index in [-0.39, 0.29) is 23.8 Å². The highest BCUT2D eigenvalue weighted by Crippen LogP contribution is 2.20. The first-order valence-electron chi connectivity index (χ1n) is 4.76. The molecule has 0 aromatic carbocycles. The highest BCUT2D eigenvalue weighted by molar-refractivity contribution is 7.98. The van der Waals surface area contributed by atoms with Gasteiger partial charge in [-0.1, -0.05) is 0 Å². The minimum atomic E-state index is -0.00731. The zero-order valence-electron chi connectivity index (χ0n) is 8.35. The van der Waals surface area contributed by atoms with Crippen LogP contribution in [-0.4, -0.2) is 52.4 Å². The van der Waals surface area contributed by atoms with E-state index in [1.165, 1.54) is 0 Å². The van der Waals surface area contributed by atoms with Crippen LogP contribution in [0.4, 0.5) is 0 Å². The number of hydrogen-bond acceptors (Lipinski definition) is 4. The number of rotatable bonds is 5. The third-order valence-electron chi connectivity index (χ3n) is 2.44. The van der Waals surface area contributed by atoms with E-state index in [0.29, 0.717) is 13.0 Å². The third-order valence-corrected chi connectivity index (χ3v) is 3.43. The molecule has 1 aliphatic rings. The summed E-state index contributed by atoms with van der Waals surface area (Å²) in [6.07, 6.45) is 3.41. The standard InChI is InChI=1S/C9H17NO2S2/c1-14-3-2-7(6-11)10-5-8(13)4-9(10)12/h7-8,11,13H,2-6H2,1H3/t7-,8?/m0/s1. The lowest BCUT2D eigenvalue weighted by atomic mass is 10.2. The van der Waals surface area contributed by atoms with Gasteiger partial charge in [0.15, 0.2) is 0 Å². The molecule has 3 nitrogen and oxygen atoms in total. The molecule has 0 aliphatic carbocycles. The van der Waals surface area contributed by atoms with E-state index in [2.05, 4.69) is 12.6 Å². The number of likely N-dealkylation sites (tertiary alicyclic amines) is 1. The number of amides is 1. The minimum absolute atomic E-state index is 0.00731. The van der Waals surface area contributed by atoms with Crippen molar-refractivity contribution in [3.8, 4) is 0 Å². The van der Waals surface area contributed by atoms with Crippen molar-refractivity contribution in [3.63, 3.8) is 0 Å². The summed E-state index contributed by atoms with van der Waals surface area (Å²) in [4.78, 5) is 13.3. The van der Waals surface area contributed by atoms with E-state index in [1.54, 1.807) is 16.7 Å². The summed E-state index contributed by atoms with van der Waals surface area (Å²) in [5, 5.41) is 9.33. The van der Waals surface area contributed by atoms with Crippen molar-refractivity contribution in [2.24, 2.45) is 0 Å². The number of thiol groups is 1. The lowest BCUT2D eigenvalue weighted by Crippen LogP contribution is -2.39. The third kappa shape index (κ3) is 3.07. The van der Waals surface area contributed by atoms with E-state index in [0.717, 1.165) is 12.2 Å². The fourth-order valence-electron chi connectivity index (χ4n) is 1.66. The molecule has 82 valence electrons. The summed E-state index contributed by atoms with van der Waals surface area (Å²) >= 11 is 6.02. The Morgan fingerprint density at radius 1 is 1.79 bits per heavy atom. The van der Waals surface area contributed by atoms with E-state index in [1.807, 2.05) is 6.26 Å². The lowest BCUT2D eigenvalue weighted by molar-refractivity contribution is -0.130. The van der Waals surface area contributed by atoms with Gasteiger partial charge in [0, 0.05) is 18.2 Å². The number of carbonyl (C=O) groups excluding carboxylic acids is 1. The lowest BCUT2D eigenvalue weighted by Gasteiger charge is -2.26. The minimum Gasteiger partial charge on any atom is -0.394 e. The molecule has 1 heterocycles. The zero-order chi connectivity index (χ0) is 10.6. The number of aliphatic hydroxyl groups excluding tert-OH is 1. The predicted octanol–water partition coefficient (Wildman–Crippen LogP) is 0.631. The van der Waals surface area contributed by atoms with Gasteiger partial charge >= 0.3 is 0 Å². The summed E-state index contributed by atoms with van der Waals surface area (Å²) in [6.45, 7) is 0.744. The normalized spacial score (nSPS) is 24.4. The summed E-state index contributed by atoms with van der Waals surface area (Å²) in [7, 11) is 0. The molecule has 1 fully saturated rings. The van der Waals surface area contributed by atoms with Crippen LogP contribution in [0.1, 0.15) is 12.8 Å². The van der Waals surface area contributed by atoms with Crippen LogP contribution >= 0.6 is 24.4 Å². The monoisotopic (exact) mass is 235 g/mol. The van der Waals surface area contributed by atoms with Gasteiger partial charge in [0.2, 0.25) is 5.91 Å². The summed E-state index contributed by atoms with van der Waals surface area (Å²) in [6, 6.07) is -0.00731. The van der Waals surface area contributed by atoms with Gasteiger partial charge in [-0.2, -0.15) is 24.4 Å². The van der Waals surface area contributed by atoms with Crippen LogP contribution < -0.4 is 0 Å². The molecule has 1 N–H and O–H groups in total. The second-order valence-electron chi connectivity index (χ2n) is 3.52. The Morgan fingerprint density at radius 2 is 2.50 bits per heavy atom. The van der Waals surface area contributed by atoms with Crippen LogP contribution in [0.15, 0.2) is 0 Å². The van der Waals surface area contributed by atoms with Gasteiger partial charge in [-0.05, 0) is 18.4 Å². The molecule has 1 rings (SSSR count). The van der Waals surface area contributed by atoms with Gasteiger partial charge in [0.05, 0.1) is 12.6 Å². The Labute approximate surface area is 94.6 Å². The van der Waals surface area contributed by atoms with E-state index in [9.17, 15) is 9.90 Å². The number of nitrogens with zero attached hydrogens (tertiary/aromatic N) is 1. The second kappa shape index (κ2) is 5.88. The van der Waals surface area contributed by atoms with Crippen molar-refractivity contribution in [2.45, 2.75) is 24.1 Å². The van der Waals surface area contributed by atoms with Crippen LogP contribution in [0.25, 0.3) is 0 Å². The van der Waals surface area contributed by atoms with Crippen molar-refractivity contribution in [1.29, 1.82) is 0 Å². The first kappa shape index (κ1) is 12.2. The molecule has 0 saturated carbocycles. The average Bonchev–Trinajstić information content (AvgIpc) is 2.47. The van der Waals surface area contributed by atoms with Crippen LogP contribution in [0.3, 0.4) is 0 Å². The number of aliphatic hydroxyl groups is 1. The molecule has 0 bridgehead atoms. The summed E-state index contributed by atoms with van der Waals surface area (Å²) in [5.41, 5.74) is 0. The molecule has 1 aliphatic heterocycles. The molecule has 0 aromatic rings. The van der Waals surface area contributed by atoms with Gasteiger partial charge in [-0.15, -0.1) is 0 Å². The van der Waals surface area contributed by atoms with Crippen molar-refractivity contribution < 1.29 is 9.90 Å². The molecule has 14 heavy (non-hydrogen) atoms. The molecule has 1 saturated heterocycles. The maximum atomic E-state index is 11.5. The second-order valence-corrected chi connectivity index (χ2v) is 5.24. The quantitative estimate of drug-likeness (QED) is 0.687. The largest absolute Gasteiger partial charge is 0.394 e. The number of carbonyl (C=O) groups is 1. The van der Waals surface area contributed by atoms with E-state index >= 15 is 0 Å². The maximum Gasteiger partial charge on any atom is 0.224 e. The Balaban J connectivity index is 2.47. The van der Waals surface area contributed by atoms with Gasteiger partial charge in [-0.25, -0.2) is 0 Å². The fraction of sp³-hybridized carbons (Fsp3) is 0.889. The summed E-state index contributed by atoms with van der Waals surface area (Å²) < 4.78 is 0. The van der Waals surface area contributed by atoms with Crippen molar-refractivity contribution in [3.05, 3.63) is 0 Å². The Kier molecular flexibility index (Phi) is 5.12. The first-order chi connectivity index (χ1) is 6.69. The molecular formula is C9H17NO2S2. The van der Waals surface area contributed by atoms with Gasteiger partial charge < -0.3 is 10.0 Å². The Bertz CT molecular complexity index is 201. The highest BCUT2D eigenvalue weighted by Gasteiger charge is 2.31. The highest BCUT2D eigenvalue weighted by atomic mass is 32.2. The van der Waals surface area contributed by atoms with Gasteiger partial charge in [0.1, 0.15) is 0 Å². The topological polar surface area (TPSA) is 40.5 Å². The first-order valence-corrected chi connectivity index (χ1v) is 6.67. The summed E-state index contributed by atoms with van der Waals surface area (Å²) in [5.74, 6) is 1.11. The molecule has 0 spiro atoms. The van der Waals surface area contributed by atoms with E-state index in [4.69, 9.17) is 0 Å². The molecule has 2 atom stereocenters. The van der Waals surface area contributed by atoms with Gasteiger partial charge in [0.25, 0.3) is 0 Å². The Morgan fingerprint density at radius 3 is 2.93 bits per heavy atom. The molecular weight excluding hydrogens is 218 g/mol. The van der Waals surface area contributed by atoms with Gasteiger partial charge in [-0.3, -0.25) is 4.79 Å². The fourth-order valence-corrected chi connectivity index (χ4v) is 2.50. The van der Waals surface area contributed by atoms with Crippen LogP contribution in [0, 0.1) is 0 Å². The number of hydrogen-bond donors (Lipinski definition) is 2. The number of thioether (sulfide) groups is 1. The molecule has 0 radical (unpaired) electrons. The van der Waals surface area contributed by atoms with Crippen LogP contribution in [0.5, 0.6) is 0 Å². The average molecular weight is 235 g/mol. The van der Waals surface area contributed by atoms with Crippen molar-refractivity contribution in [2.75, 3.05) is 25.2 Å². The van der Waals surface area contributed by atoms with Crippen LogP contribution in [0.2, 0.25) is 0 Å². The SMILES string of the molecule is CSCC[C@@H](CO)N1CC(S)CC1=O. The van der Waals surface area contributed by atoms with Crippen LogP contribution in [-0.2, 0) is 4.79 Å². The van der Waals surface area contributed by atoms with Crippen molar-refractivity contribution in [1.82, 2.24) is 4.90 Å². The Hall–Kier alpha value is 0.130. The predicted molar refractivity (Wildman–Crippen MR) is 63.0 cm³/mol. The maximum absolute atomic E-state index is 11.5. The smallest absolute Gasteiger partial charge is 0.224 e. The molecule has 1 amide bonds. The van der Waals surface area contributed by atoms with Crippen molar-refractivity contribution >= 4 is 30.3 Å². The molecule has 0 aromatic heterocycles. The molecule has 5 heteroatoms.